The number of aromatic nitrogens is 2. The van der Waals surface area contributed by atoms with E-state index >= 15 is 0 Å². The molecular weight excluding hydrogens is 280 g/mol. The van der Waals surface area contributed by atoms with Gasteiger partial charge in [-0.05, 0) is 58.4 Å². The first kappa shape index (κ1) is 14.7. The Balaban J connectivity index is 1.90. The van der Waals surface area contributed by atoms with E-state index < -0.39 is 0 Å². The van der Waals surface area contributed by atoms with Crippen LogP contribution in [0.1, 0.15) is 46.1 Å². The highest BCUT2D eigenvalue weighted by Crippen LogP contribution is 2.33. The standard InChI is InChI=1S/C16H24N4S/c1-10-8-21-14-12(10)13(17-9-18-14)19-11-6-15(2,3)20-16(4,5)7-11/h8-9,11,20H,6-7H2,1-5H3,(H,17,18,19). The van der Waals surface area contributed by atoms with Crippen molar-refractivity contribution in [3.05, 3.63) is 17.3 Å². The van der Waals surface area contributed by atoms with Gasteiger partial charge in [-0.3, -0.25) is 0 Å². The highest BCUT2D eigenvalue weighted by Gasteiger charge is 2.37. The molecule has 21 heavy (non-hydrogen) atoms. The fraction of sp³-hybridized carbons (Fsp3) is 0.625. The average Bonchev–Trinajstić information content (AvgIpc) is 2.68. The average molecular weight is 304 g/mol. The zero-order valence-electron chi connectivity index (χ0n) is 13.4. The lowest BCUT2D eigenvalue weighted by Crippen LogP contribution is -2.60. The second-order valence-corrected chi connectivity index (χ2v) is 8.32. The third-order valence-electron chi connectivity index (χ3n) is 4.09. The maximum absolute atomic E-state index is 4.49. The van der Waals surface area contributed by atoms with Crippen molar-refractivity contribution in [2.75, 3.05) is 5.32 Å². The molecule has 0 saturated carbocycles. The van der Waals surface area contributed by atoms with Crippen molar-refractivity contribution in [1.29, 1.82) is 0 Å². The molecule has 0 aliphatic carbocycles. The molecule has 2 N–H and O–H groups in total. The van der Waals surface area contributed by atoms with Gasteiger partial charge in [-0.1, -0.05) is 0 Å². The van der Waals surface area contributed by atoms with Crippen molar-refractivity contribution in [3.63, 3.8) is 0 Å². The van der Waals surface area contributed by atoms with E-state index in [0.717, 1.165) is 23.5 Å². The number of nitrogens with one attached hydrogen (secondary N) is 2. The zero-order valence-corrected chi connectivity index (χ0v) is 14.3. The van der Waals surface area contributed by atoms with Gasteiger partial charge >= 0.3 is 0 Å². The van der Waals surface area contributed by atoms with E-state index in [4.69, 9.17) is 0 Å². The van der Waals surface area contributed by atoms with Crippen LogP contribution in [0.3, 0.4) is 0 Å². The summed E-state index contributed by atoms with van der Waals surface area (Å²) in [5.41, 5.74) is 1.52. The quantitative estimate of drug-likeness (QED) is 0.888. The Morgan fingerprint density at radius 1 is 1.19 bits per heavy atom. The van der Waals surface area contributed by atoms with Crippen LogP contribution in [-0.2, 0) is 0 Å². The van der Waals surface area contributed by atoms with Gasteiger partial charge in [0.2, 0.25) is 0 Å². The molecule has 0 unspecified atom stereocenters. The van der Waals surface area contributed by atoms with Crippen molar-refractivity contribution < 1.29 is 0 Å². The van der Waals surface area contributed by atoms with Crippen molar-refractivity contribution in [3.8, 4) is 0 Å². The second-order valence-electron chi connectivity index (χ2n) is 7.46. The summed E-state index contributed by atoms with van der Waals surface area (Å²) in [4.78, 5) is 9.93. The Bertz CT molecular complexity index is 643. The Labute approximate surface area is 130 Å². The molecule has 1 aliphatic heterocycles. The molecule has 4 nitrogen and oxygen atoms in total. The molecule has 3 rings (SSSR count). The number of anilines is 1. The monoisotopic (exact) mass is 304 g/mol. The van der Waals surface area contributed by atoms with E-state index in [2.05, 4.69) is 60.6 Å². The highest BCUT2D eigenvalue weighted by atomic mass is 32.1. The van der Waals surface area contributed by atoms with Crippen LogP contribution in [0.4, 0.5) is 5.82 Å². The summed E-state index contributed by atoms with van der Waals surface area (Å²) in [5, 5.41) is 10.7. The number of hydrogen-bond acceptors (Lipinski definition) is 5. The van der Waals surface area contributed by atoms with Crippen LogP contribution < -0.4 is 10.6 Å². The van der Waals surface area contributed by atoms with E-state index in [0.29, 0.717) is 6.04 Å². The van der Waals surface area contributed by atoms with Crippen LogP contribution in [-0.4, -0.2) is 27.1 Å². The van der Waals surface area contributed by atoms with Gasteiger partial charge in [-0.25, -0.2) is 9.97 Å². The summed E-state index contributed by atoms with van der Waals surface area (Å²) in [6.45, 7) is 11.2. The molecule has 0 aromatic carbocycles. The van der Waals surface area contributed by atoms with E-state index in [9.17, 15) is 0 Å². The van der Waals surface area contributed by atoms with Crippen molar-refractivity contribution in [2.24, 2.45) is 0 Å². The summed E-state index contributed by atoms with van der Waals surface area (Å²) >= 11 is 1.69. The molecule has 2 aromatic heterocycles. The second kappa shape index (κ2) is 4.92. The lowest BCUT2D eigenvalue weighted by atomic mass is 9.79. The number of thiophene rings is 1. The van der Waals surface area contributed by atoms with Crippen LogP contribution in [0.15, 0.2) is 11.7 Å². The topological polar surface area (TPSA) is 49.8 Å². The Morgan fingerprint density at radius 3 is 2.52 bits per heavy atom. The molecule has 3 heterocycles. The molecule has 2 aromatic rings. The van der Waals surface area contributed by atoms with Crippen LogP contribution in [0.2, 0.25) is 0 Å². The molecule has 0 amide bonds. The van der Waals surface area contributed by atoms with E-state index in [1.165, 1.54) is 10.9 Å². The van der Waals surface area contributed by atoms with Crippen LogP contribution in [0.25, 0.3) is 10.2 Å². The normalized spacial score (nSPS) is 21.6. The highest BCUT2D eigenvalue weighted by molar-refractivity contribution is 7.17. The number of nitrogens with zero attached hydrogens (tertiary/aromatic N) is 2. The fourth-order valence-corrected chi connectivity index (χ4v) is 4.63. The zero-order chi connectivity index (χ0) is 15.3. The van der Waals surface area contributed by atoms with Gasteiger partial charge in [-0.15, -0.1) is 11.3 Å². The maximum Gasteiger partial charge on any atom is 0.138 e. The minimum Gasteiger partial charge on any atom is -0.367 e. The molecule has 1 fully saturated rings. The first-order valence-electron chi connectivity index (χ1n) is 7.50. The van der Waals surface area contributed by atoms with Gasteiger partial charge in [0.05, 0.1) is 5.39 Å². The summed E-state index contributed by atoms with van der Waals surface area (Å²) in [6.07, 6.45) is 3.84. The summed E-state index contributed by atoms with van der Waals surface area (Å²) in [6, 6.07) is 0.425. The van der Waals surface area contributed by atoms with Crippen LogP contribution >= 0.6 is 11.3 Å². The molecule has 1 saturated heterocycles. The van der Waals surface area contributed by atoms with Gasteiger partial charge in [0.15, 0.2) is 0 Å². The van der Waals surface area contributed by atoms with E-state index in [1.54, 1.807) is 17.7 Å². The third kappa shape index (κ3) is 3.04. The molecule has 5 heteroatoms. The van der Waals surface area contributed by atoms with E-state index in [1.807, 2.05) is 0 Å². The lowest BCUT2D eigenvalue weighted by Gasteiger charge is -2.46. The smallest absolute Gasteiger partial charge is 0.138 e. The first-order chi connectivity index (χ1) is 9.76. The van der Waals surface area contributed by atoms with Gasteiger partial charge in [0.1, 0.15) is 17.0 Å². The third-order valence-corrected chi connectivity index (χ3v) is 5.09. The number of aryl methyl sites for hydroxylation is 1. The largest absolute Gasteiger partial charge is 0.367 e. The van der Waals surface area contributed by atoms with Crippen LogP contribution in [0, 0.1) is 6.92 Å². The van der Waals surface area contributed by atoms with E-state index in [-0.39, 0.29) is 11.1 Å². The number of fused-ring (bicyclic) bond motifs is 1. The Hall–Kier alpha value is -1.20. The predicted octanol–water partition coefficient (Wildman–Crippen LogP) is 3.72. The molecule has 0 spiro atoms. The van der Waals surface area contributed by atoms with Gasteiger partial charge in [0, 0.05) is 17.1 Å². The first-order valence-corrected chi connectivity index (χ1v) is 8.38. The van der Waals surface area contributed by atoms with Gasteiger partial charge in [-0.2, -0.15) is 0 Å². The maximum atomic E-state index is 4.49. The molecule has 0 radical (unpaired) electrons. The lowest BCUT2D eigenvalue weighted by molar-refractivity contribution is 0.170. The summed E-state index contributed by atoms with van der Waals surface area (Å²) < 4.78 is 0. The van der Waals surface area contributed by atoms with Crippen molar-refractivity contribution in [2.45, 2.75) is 64.6 Å². The van der Waals surface area contributed by atoms with Gasteiger partial charge in [0.25, 0.3) is 0 Å². The SMILES string of the molecule is Cc1csc2ncnc(NC3CC(C)(C)NC(C)(C)C3)c12. The minimum atomic E-state index is 0.134. The number of rotatable bonds is 2. The Kier molecular flexibility index (Phi) is 3.45. The Morgan fingerprint density at radius 2 is 1.86 bits per heavy atom. The number of hydrogen-bond donors (Lipinski definition) is 2. The summed E-state index contributed by atoms with van der Waals surface area (Å²) in [5.74, 6) is 0.984. The molecule has 114 valence electrons. The fourth-order valence-electron chi connectivity index (χ4n) is 3.74. The van der Waals surface area contributed by atoms with Crippen molar-refractivity contribution in [1.82, 2.24) is 15.3 Å². The molecule has 0 bridgehead atoms. The summed E-state index contributed by atoms with van der Waals surface area (Å²) in [7, 11) is 0. The minimum absolute atomic E-state index is 0.134. The molecule has 0 atom stereocenters. The van der Waals surface area contributed by atoms with Gasteiger partial charge < -0.3 is 10.6 Å². The number of piperidine rings is 1. The van der Waals surface area contributed by atoms with Crippen molar-refractivity contribution >= 4 is 27.4 Å². The molecule has 1 aliphatic rings. The van der Waals surface area contributed by atoms with Crippen LogP contribution in [0.5, 0.6) is 0 Å². The molecular formula is C16H24N4S. The predicted molar refractivity (Wildman–Crippen MR) is 90.1 cm³/mol.